The van der Waals surface area contributed by atoms with Gasteiger partial charge in [-0.25, -0.2) is 0 Å². The minimum absolute atomic E-state index is 0.0527. The third-order valence-electron chi connectivity index (χ3n) is 13.1. The highest BCUT2D eigenvalue weighted by atomic mass is 16.7. The summed E-state index contributed by atoms with van der Waals surface area (Å²) >= 11 is 0. The van der Waals surface area contributed by atoms with Gasteiger partial charge < -0.3 is 45.1 Å². The molecule has 1 amide bonds. The number of allylic oxidation sites excluding steroid dienone is 9. The summed E-state index contributed by atoms with van der Waals surface area (Å²) in [5.41, 5.74) is 0. The average Bonchev–Trinajstić information content (AvgIpc) is 3.36. The molecule has 1 heterocycles. The molecule has 7 atom stereocenters. The lowest BCUT2D eigenvalue weighted by Gasteiger charge is -2.40. The van der Waals surface area contributed by atoms with Crippen LogP contribution in [0.1, 0.15) is 239 Å². The predicted molar refractivity (Wildman–Crippen MR) is 287 cm³/mol. The van der Waals surface area contributed by atoms with E-state index >= 15 is 0 Å². The van der Waals surface area contributed by atoms with E-state index in [0.29, 0.717) is 19.4 Å². The number of aliphatic hydroxyl groups is 5. The summed E-state index contributed by atoms with van der Waals surface area (Å²) in [5.74, 6) is -0.268. The van der Waals surface area contributed by atoms with Gasteiger partial charge in [0.1, 0.15) is 24.4 Å². The molecule has 0 aliphatic carbocycles. The van der Waals surface area contributed by atoms with Gasteiger partial charge >= 0.3 is 5.97 Å². The van der Waals surface area contributed by atoms with Gasteiger partial charge in [-0.05, 0) is 103 Å². The van der Waals surface area contributed by atoms with Crippen LogP contribution in [0.5, 0.6) is 0 Å². The van der Waals surface area contributed by atoms with Crippen LogP contribution < -0.4 is 5.32 Å². The van der Waals surface area contributed by atoms with Gasteiger partial charge in [0.25, 0.3) is 0 Å². The molecule has 0 aromatic heterocycles. The largest absolute Gasteiger partial charge is 0.466 e. The van der Waals surface area contributed by atoms with Gasteiger partial charge in [-0.15, -0.1) is 0 Å². The molecule has 0 spiro atoms. The van der Waals surface area contributed by atoms with Crippen molar-refractivity contribution in [1.29, 1.82) is 0 Å². The second-order valence-corrected chi connectivity index (χ2v) is 19.6. The van der Waals surface area contributed by atoms with Crippen molar-refractivity contribution in [1.82, 2.24) is 5.32 Å². The van der Waals surface area contributed by atoms with Gasteiger partial charge in [-0.1, -0.05) is 184 Å². The highest BCUT2D eigenvalue weighted by molar-refractivity contribution is 5.76. The summed E-state index contributed by atoms with van der Waals surface area (Å²) < 4.78 is 16.6. The molecule has 0 saturated carbocycles. The number of carbonyl (C=O) groups is 2. The fraction of sp³-hybridized carbons (Fsp3) is 0.797. The monoisotopic (exact) mass is 988 g/mol. The molecule has 1 aliphatic heterocycles. The van der Waals surface area contributed by atoms with E-state index in [-0.39, 0.29) is 18.5 Å². The number of ether oxygens (including phenoxy) is 3. The second kappa shape index (κ2) is 48.6. The number of unbranched alkanes of at least 4 members (excludes halogenated alkanes) is 27. The lowest BCUT2D eigenvalue weighted by Crippen LogP contribution is -2.60. The highest BCUT2D eigenvalue weighted by Gasteiger charge is 2.44. The van der Waals surface area contributed by atoms with E-state index in [9.17, 15) is 35.1 Å². The molecule has 406 valence electrons. The zero-order valence-electron chi connectivity index (χ0n) is 44.5. The summed E-state index contributed by atoms with van der Waals surface area (Å²) in [5, 5.41) is 54.3. The van der Waals surface area contributed by atoms with Gasteiger partial charge in [0.2, 0.25) is 5.91 Å². The lowest BCUT2D eigenvalue weighted by molar-refractivity contribution is -0.302. The van der Waals surface area contributed by atoms with Crippen LogP contribution in [0.2, 0.25) is 0 Å². The molecule has 1 saturated heterocycles. The van der Waals surface area contributed by atoms with Crippen molar-refractivity contribution in [2.75, 3.05) is 19.8 Å². The van der Waals surface area contributed by atoms with E-state index in [4.69, 9.17) is 14.2 Å². The van der Waals surface area contributed by atoms with Crippen molar-refractivity contribution in [3.05, 3.63) is 60.8 Å². The fourth-order valence-electron chi connectivity index (χ4n) is 8.49. The predicted octanol–water partition coefficient (Wildman–Crippen LogP) is 12.7. The van der Waals surface area contributed by atoms with Crippen LogP contribution in [0.4, 0.5) is 0 Å². The maximum Gasteiger partial charge on any atom is 0.305 e. The van der Waals surface area contributed by atoms with Crippen LogP contribution in [-0.4, -0.2) is 100 Å². The Morgan fingerprint density at radius 2 is 0.971 bits per heavy atom. The Bertz CT molecular complexity index is 1350. The molecular weight excluding hydrogens is 883 g/mol. The highest BCUT2D eigenvalue weighted by Crippen LogP contribution is 2.23. The van der Waals surface area contributed by atoms with Crippen molar-refractivity contribution >= 4 is 11.9 Å². The Labute approximate surface area is 427 Å². The maximum absolute atomic E-state index is 13.0. The van der Waals surface area contributed by atoms with Crippen molar-refractivity contribution < 1.29 is 49.3 Å². The Kier molecular flexibility index (Phi) is 45.4. The van der Waals surface area contributed by atoms with Crippen molar-refractivity contribution in [3.63, 3.8) is 0 Å². The zero-order chi connectivity index (χ0) is 51.0. The van der Waals surface area contributed by atoms with E-state index in [2.05, 4.69) is 67.8 Å². The standard InChI is InChI=1S/C59H105NO10/c1-3-5-7-9-11-13-15-17-19-22-25-29-33-37-41-45-52(62)51(50-69-59-58(67)57(66)56(65)53(49-61)70-59)60-54(63)46-42-38-34-30-26-23-20-18-21-24-28-32-36-40-44-48-68-55(64)47-43-39-35-31-27-16-14-12-10-8-6-4-2/h12,14,18,21,24-25,28-29,41,45,51-53,56-59,61-62,65-67H,3-11,13,15-17,19-20,22-23,26-27,30-40,42-44,46-50H2,1-2H3,(H,60,63)/b14-12-,21-18-,28-24-,29-25+,45-41+. The van der Waals surface area contributed by atoms with Gasteiger partial charge in [0, 0.05) is 12.8 Å². The first kappa shape index (κ1) is 65.4. The number of aliphatic hydroxyl groups excluding tert-OH is 5. The van der Waals surface area contributed by atoms with Crippen LogP contribution >= 0.6 is 0 Å². The molecule has 0 aromatic carbocycles. The number of hydrogen-bond acceptors (Lipinski definition) is 10. The van der Waals surface area contributed by atoms with Gasteiger partial charge in [-0.2, -0.15) is 0 Å². The first-order chi connectivity index (χ1) is 34.2. The summed E-state index contributed by atoms with van der Waals surface area (Å²) in [7, 11) is 0. The quantitative estimate of drug-likeness (QED) is 0.0149. The van der Waals surface area contributed by atoms with Crippen LogP contribution in [0.25, 0.3) is 0 Å². The van der Waals surface area contributed by atoms with Crippen LogP contribution in [0.15, 0.2) is 60.8 Å². The molecule has 0 bridgehead atoms. The Balaban J connectivity index is 2.22. The molecule has 11 heteroatoms. The number of esters is 1. The van der Waals surface area contributed by atoms with Crippen molar-refractivity contribution in [2.45, 2.75) is 281 Å². The number of rotatable bonds is 48. The molecule has 1 aliphatic rings. The number of nitrogens with one attached hydrogen (secondary N) is 1. The number of amides is 1. The van der Waals surface area contributed by atoms with Gasteiger partial charge in [0.15, 0.2) is 6.29 Å². The minimum Gasteiger partial charge on any atom is -0.466 e. The van der Waals surface area contributed by atoms with Gasteiger partial charge in [-0.3, -0.25) is 9.59 Å². The Morgan fingerprint density at radius 1 is 0.529 bits per heavy atom. The molecule has 1 fully saturated rings. The summed E-state index contributed by atoms with van der Waals surface area (Å²) in [6.45, 7) is 4.21. The third kappa shape index (κ3) is 38.0. The molecule has 6 N–H and O–H groups in total. The smallest absolute Gasteiger partial charge is 0.305 e. The van der Waals surface area contributed by atoms with Crippen LogP contribution in [0, 0.1) is 0 Å². The minimum atomic E-state index is -1.59. The van der Waals surface area contributed by atoms with Crippen molar-refractivity contribution in [3.8, 4) is 0 Å². The fourth-order valence-corrected chi connectivity index (χ4v) is 8.49. The lowest BCUT2D eigenvalue weighted by atomic mass is 9.99. The molecule has 7 unspecified atom stereocenters. The summed E-state index contributed by atoms with van der Waals surface area (Å²) in [4.78, 5) is 25.0. The zero-order valence-corrected chi connectivity index (χ0v) is 44.5. The van der Waals surface area contributed by atoms with E-state index in [1.807, 2.05) is 6.08 Å². The molecule has 70 heavy (non-hydrogen) atoms. The first-order valence-electron chi connectivity index (χ1n) is 28.6. The number of carbonyl (C=O) groups excluding carboxylic acids is 2. The normalized spacial score (nSPS) is 19.7. The van der Waals surface area contributed by atoms with Crippen molar-refractivity contribution in [2.24, 2.45) is 0 Å². The molecule has 1 rings (SSSR count). The Morgan fingerprint density at radius 3 is 1.53 bits per heavy atom. The van der Waals surface area contributed by atoms with E-state index in [1.54, 1.807) is 6.08 Å². The van der Waals surface area contributed by atoms with Gasteiger partial charge in [0.05, 0.1) is 32.0 Å². The molecular formula is C59H105NO10. The van der Waals surface area contributed by atoms with E-state index in [1.165, 1.54) is 109 Å². The molecule has 0 aromatic rings. The maximum atomic E-state index is 13.0. The SMILES string of the molecule is CCCCC/C=C\CCCCCCCC(=O)OCCCCC/C=C\C=C/CCCCCCCCC(=O)NC(COC1OC(CO)C(O)C(O)C1O)C(O)/C=C/CC/C=C/CCCCCCCCCCC. The molecule has 11 nitrogen and oxygen atoms in total. The van der Waals surface area contributed by atoms with E-state index < -0.39 is 49.5 Å². The Hall–Kier alpha value is -2.64. The molecule has 0 radical (unpaired) electrons. The van der Waals surface area contributed by atoms with E-state index in [0.717, 1.165) is 103 Å². The third-order valence-corrected chi connectivity index (χ3v) is 13.1. The van der Waals surface area contributed by atoms with Crippen LogP contribution in [-0.2, 0) is 23.8 Å². The number of hydrogen-bond donors (Lipinski definition) is 6. The topological polar surface area (TPSA) is 175 Å². The summed E-state index contributed by atoms with van der Waals surface area (Å²) in [6, 6.07) is -0.846. The first-order valence-corrected chi connectivity index (χ1v) is 28.6. The summed E-state index contributed by atoms with van der Waals surface area (Å²) in [6.07, 6.45) is 51.5. The van der Waals surface area contributed by atoms with Crippen LogP contribution in [0.3, 0.4) is 0 Å². The second-order valence-electron chi connectivity index (χ2n) is 19.6. The average molecular weight is 988 g/mol.